The van der Waals surface area contributed by atoms with E-state index in [4.69, 9.17) is 0 Å². The van der Waals surface area contributed by atoms with Gasteiger partial charge in [0.1, 0.15) is 5.82 Å². The molecule has 2 N–H and O–H groups in total. The Morgan fingerprint density at radius 3 is 2.57 bits per heavy atom. The van der Waals surface area contributed by atoms with Crippen LogP contribution in [0.2, 0.25) is 0 Å². The molecule has 3 nitrogen and oxygen atoms in total. The van der Waals surface area contributed by atoms with E-state index in [1.165, 1.54) is 12.1 Å². The summed E-state index contributed by atoms with van der Waals surface area (Å²) in [4.78, 5) is 12.1. The molecule has 0 unspecified atom stereocenters. The summed E-state index contributed by atoms with van der Waals surface area (Å²) in [6, 6.07) is 13.3. The molecule has 21 heavy (non-hydrogen) atoms. The standard InChI is InChI=1S/C16H15BrFNO2/c17-12-6-7-14(15(18)9-12)16(21)19-13(10-20)8-11-4-2-1-3-5-11/h1-7,9,13,20H,8,10H2,(H,19,21)/t13-/m1/s1. The Kier molecular flexibility index (Phi) is 5.47. The Bertz CT molecular complexity index is 619. The van der Waals surface area contributed by atoms with Crippen LogP contribution >= 0.6 is 15.9 Å². The van der Waals surface area contributed by atoms with Gasteiger partial charge in [-0.25, -0.2) is 4.39 Å². The Hall–Kier alpha value is -1.72. The highest BCUT2D eigenvalue weighted by Gasteiger charge is 2.16. The van der Waals surface area contributed by atoms with Crippen LogP contribution in [0.1, 0.15) is 15.9 Å². The summed E-state index contributed by atoms with van der Waals surface area (Å²) in [5, 5.41) is 12.0. The fraction of sp³-hybridized carbons (Fsp3) is 0.188. The zero-order valence-electron chi connectivity index (χ0n) is 11.2. The molecule has 1 atom stereocenters. The zero-order valence-corrected chi connectivity index (χ0v) is 12.8. The summed E-state index contributed by atoms with van der Waals surface area (Å²) in [7, 11) is 0. The molecule has 0 aliphatic rings. The van der Waals surface area contributed by atoms with Gasteiger partial charge in [-0.3, -0.25) is 4.79 Å². The van der Waals surface area contributed by atoms with E-state index < -0.39 is 17.8 Å². The SMILES string of the molecule is O=C(N[C@@H](CO)Cc1ccccc1)c1ccc(Br)cc1F. The molecule has 0 bridgehead atoms. The Labute approximate surface area is 130 Å². The van der Waals surface area contributed by atoms with Crippen LogP contribution in [0.3, 0.4) is 0 Å². The first kappa shape index (κ1) is 15.7. The van der Waals surface area contributed by atoms with E-state index in [0.29, 0.717) is 10.9 Å². The third-order valence-corrected chi connectivity index (χ3v) is 3.55. The van der Waals surface area contributed by atoms with E-state index >= 15 is 0 Å². The average Bonchev–Trinajstić information content (AvgIpc) is 2.47. The minimum Gasteiger partial charge on any atom is -0.394 e. The number of carbonyl (C=O) groups excluding carboxylic acids is 1. The Morgan fingerprint density at radius 1 is 1.24 bits per heavy atom. The minimum absolute atomic E-state index is 0.0373. The second kappa shape index (κ2) is 7.33. The molecule has 1 amide bonds. The van der Waals surface area contributed by atoms with Gasteiger partial charge in [-0.15, -0.1) is 0 Å². The smallest absolute Gasteiger partial charge is 0.254 e. The third kappa shape index (κ3) is 4.37. The lowest BCUT2D eigenvalue weighted by molar-refractivity contribution is 0.0912. The first-order valence-electron chi connectivity index (χ1n) is 6.51. The quantitative estimate of drug-likeness (QED) is 0.869. The van der Waals surface area contributed by atoms with E-state index in [2.05, 4.69) is 21.2 Å². The van der Waals surface area contributed by atoms with Crippen molar-refractivity contribution in [3.8, 4) is 0 Å². The van der Waals surface area contributed by atoms with Crippen LogP contribution in [0.25, 0.3) is 0 Å². The predicted octanol–water partition coefficient (Wildman–Crippen LogP) is 2.92. The lowest BCUT2D eigenvalue weighted by Crippen LogP contribution is -2.39. The van der Waals surface area contributed by atoms with E-state index in [-0.39, 0.29) is 12.2 Å². The van der Waals surface area contributed by atoms with Crippen LogP contribution in [0.15, 0.2) is 53.0 Å². The first-order chi connectivity index (χ1) is 10.1. The largest absolute Gasteiger partial charge is 0.394 e. The molecular formula is C16H15BrFNO2. The maximum Gasteiger partial charge on any atom is 0.254 e. The van der Waals surface area contributed by atoms with Crippen LogP contribution in [-0.2, 0) is 6.42 Å². The molecule has 0 aliphatic heterocycles. The molecule has 2 aromatic carbocycles. The van der Waals surface area contributed by atoms with Crippen molar-refractivity contribution in [2.75, 3.05) is 6.61 Å². The van der Waals surface area contributed by atoms with Crippen molar-refractivity contribution < 1.29 is 14.3 Å². The van der Waals surface area contributed by atoms with E-state index in [1.54, 1.807) is 6.07 Å². The van der Waals surface area contributed by atoms with Crippen LogP contribution in [0.5, 0.6) is 0 Å². The van der Waals surface area contributed by atoms with E-state index in [9.17, 15) is 14.3 Å². The molecule has 0 saturated heterocycles. The fourth-order valence-electron chi connectivity index (χ4n) is 2.00. The van der Waals surface area contributed by atoms with E-state index in [0.717, 1.165) is 5.56 Å². The minimum atomic E-state index is -0.599. The maximum atomic E-state index is 13.7. The van der Waals surface area contributed by atoms with Gasteiger partial charge in [0.2, 0.25) is 0 Å². The van der Waals surface area contributed by atoms with Gasteiger partial charge in [0.05, 0.1) is 18.2 Å². The van der Waals surface area contributed by atoms with Gasteiger partial charge in [0.25, 0.3) is 5.91 Å². The molecular weight excluding hydrogens is 337 g/mol. The number of amides is 1. The highest BCUT2D eigenvalue weighted by atomic mass is 79.9. The molecule has 5 heteroatoms. The summed E-state index contributed by atoms with van der Waals surface area (Å²) in [5.41, 5.74) is 0.956. The van der Waals surface area contributed by atoms with Gasteiger partial charge in [0.15, 0.2) is 0 Å². The molecule has 0 radical (unpaired) electrons. The zero-order chi connectivity index (χ0) is 15.2. The summed E-state index contributed by atoms with van der Waals surface area (Å²) < 4.78 is 14.3. The van der Waals surface area contributed by atoms with Crippen LogP contribution in [-0.4, -0.2) is 23.7 Å². The van der Waals surface area contributed by atoms with Gasteiger partial charge < -0.3 is 10.4 Å². The van der Waals surface area contributed by atoms with Gasteiger partial charge in [0, 0.05) is 4.47 Å². The Morgan fingerprint density at radius 2 is 1.95 bits per heavy atom. The van der Waals surface area contributed by atoms with Crippen LogP contribution < -0.4 is 5.32 Å². The molecule has 2 aromatic rings. The van der Waals surface area contributed by atoms with Gasteiger partial charge >= 0.3 is 0 Å². The van der Waals surface area contributed by atoms with Crippen LogP contribution in [0.4, 0.5) is 4.39 Å². The highest BCUT2D eigenvalue weighted by Crippen LogP contribution is 2.15. The number of halogens is 2. The molecule has 0 aliphatic carbocycles. The second-order valence-electron chi connectivity index (χ2n) is 4.67. The molecule has 110 valence electrons. The first-order valence-corrected chi connectivity index (χ1v) is 7.30. The summed E-state index contributed by atoms with van der Waals surface area (Å²) in [6.07, 6.45) is 0.487. The summed E-state index contributed by atoms with van der Waals surface area (Å²) >= 11 is 3.14. The number of aliphatic hydroxyl groups is 1. The molecule has 0 fully saturated rings. The number of nitrogens with one attached hydrogen (secondary N) is 1. The number of rotatable bonds is 5. The predicted molar refractivity (Wildman–Crippen MR) is 82.6 cm³/mol. The van der Waals surface area contributed by atoms with E-state index in [1.807, 2.05) is 30.3 Å². The highest BCUT2D eigenvalue weighted by molar-refractivity contribution is 9.10. The van der Waals surface area contributed by atoms with Gasteiger partial charge in [-0.05, 0) is 30.2 Å². The number of hydrogen-bond donors (Lipinski definition) is 2. The molecule has 0 heterocycles. The summed E-state index contributed by atoms with van der Waals surface area (Å²) in [5.74, 6) is -1.13. The second-order valence-corrected chi connectivity index (χ2v) is 5.58. The number of carbonyl (C=O) groups is 1. The van der Waals surface area contributed by atoms with Crippen molar-refractivity contribution in [1.29, 1.82) is 0 Å². The Balaban J connectivity index is 2.06. The van der Waals surface area contributed by atoms with Crippen molar-refractivity contribution in [2.45, 2.75) is 12.5 Å². The van der Waals surface area contributed by atoms with Gasteiger partial charge in [-0.2, -0.15) is 0 Å². The normalized spacial score (nSPS) is 12.0. The molecule has 2 rings (SSSR count). The lowest BCUT2D eigenvalue weighted by Gasteiger charge is -2.16. The van der Waals surface area contributed by atoms with Crippen LogP contribution in [0, 0.1) is 5.82 Å². The number of benzene rings is 2. The lowest BCUT2D eigenvalue weighted by atomic mass is 10.1. The average molecular weight is 352 g/mol. The monoisotopic (exact) mass is 351 g/mol. The summed E-state index contributed by atoms with van der Waals surface area (Å²) in [6.45, 7) is -0.210. The van der Waals surface area contributed by atoms with Crippen molar-refractivity contribution >= 4 is 21.8 Å². The van der Waals surface area contributed by atoms with Gasteiger partial charge in [-0.1, -0.05) is 46.3 Å². The maximum absolute atomic E-state index is 13.7. The molecule has 0 spiro atoms. The fourth-order valence-corrected chi connectivity index (χ4v) is 2.33. The molecule has 0 saturated carbocycles. The number of hydrogen-bond acceptors (Lipinski definition) is 2. The van der Waals surface area contributed by atoms with Crippen molar-refractivity contribution in [3.63, 3.8) is 0 Å². The topological polar surface area (TPSA) is 49.3 Å². The number of aliphatic hydroxyl groups excluding tert-OH is 1. The van der Waals surface area contributed by atoms with Crippen molar-refractivity contribution in [3.05, 3.63) is 69.9 Å². The van der Waals surface area contributed by atoms with Crippen molar-refractivity contribution in [2.24, 2.45) is 0 Å². The van der Waals surface area contributed by atoms with Crippen molar-refractivity contribution in [1.82, 2.24) is 5.32 Å². The molecule has 0 aromatic heterocycles. The third-order valence-electron chi connectivity index (χ3n) is 3.06.